The molecule has 0 unspecified atom stereocenters. The van der Waals surface area contributed by atoms with E-state index in [1.54, 1.807) is 6.92 Å². The van der Waals surface area contributed by atoms with Crippen LogP contribution < -0.4 is 9.47 Å². The lowest BCUT2D eigenvalue weighted by atomic mass is 10.2. The fourth-order valence-electron chi connectivity index (χ4n) is 2.44. The second-order valence-corrected chi connectivity index (χ2v) is 6.63. The van der Waals surface area contributed by atoms with Crippen LogP contribution in [0.4, 0.5) is 26.3 Å². The second-order valence-electron chi connectivity index (χ2n) is 6.19. The summed E-state index contributed by atoms with van der Waals surface area (Å²) in [4.78, 5) is 4.26. The van der Waals surface area contributed by atoms with Gasteiger partial charge in [-0.05, 0) is 48.9 Å². The lowest BCUT2D eigenvalue weighted by Crippen LogP contribution is -2.05. The summed E-state index contributed by atoms with van der Waals surface area (Å²) in [6, 6.07) is 9.77. The van der Waals surface area contributed by atoms with E-state index in [4.69, 9.17) is 9.47 Å². The zero-order valence-electron chi connectivity index (χ0n) is 15.2. The van der Waals surface area contributed by atoms with Crippen LogP contribution in [-0.4, -0.2) is 4.98 Å². The fourth-order valence-corrected chi connectivity index (χ4v) is 2.60. The van der Waals surface area contributed by atoms with Gasteiger partial charge in [-0.15, -0.1) is 12.6 Å². The summed E-state index contributed by atoms with van der Waals surface area (Å²) in [5.41, 5.74) is -1.31. The van der Waals surface area contributed by atoms with Gasteiger partial charge in [-0.1, -0.05) is 12.1 Å². The van der Waals surface area contributed by atoms with Gasteiger partial charge in [0.15, 0.2) is 0 Å². The van der Waals surface area contributed by atoms with Crippen molar-refractivity contribution in [1.29, 1.82) is 0 Å². The molecule has 1 heterocycles. The number of aryl methyl sites for hydroxylation is 1. The molecule has 10 heteroatoms. The van der Waals surface area contributed by atoms with Crippen LogP contribution in [0.5, 0.6) is 23.3 Å². The van der Waals surface area contributed by atoms with Crippen molar-refractivity contribution in [1.82, 2.24) is 4.98 Å². The molecule has 30 heavy (non-hydrogen) atoms. The zero-order valence-corrected chi connectivity index (χ0v) is 16.1. The van der Waals surface area contributed by atoms with Gasteiger partial charge in [0.2, 0.25) is 11.8 Å². The molecule has 3 rings (SSSR count). The average molecular weight is 445 g/mol. The summed E-state index contributed by atoms with van der Waals surface area (Å²) in [7, 11) is 0. The predicted molar refractivity (Wildman–Crippen MR) is 99.3 cm³/mol. The highest BCUT2D eigenvalue weighted by Gasteiger charge is 2.31. The maximum Gasteiger partial charge on any atom is 0.416 e. The molecule has 0 aliphatic carbocycles. The van der Waals surface area contributed by atoms with Gasteiger partial charge in [0, 0.05) is 6.07 Å². The topological polar surface area (TPSA) is 31.4 Å². The van der Waals surface area contributed by atoms with Crippen molar-refractivity contribution in [2.24, 2.45) is 0 Å². The molecule has 0 saturated carbocycles. The Balaban J connectivity index is 1.90. The van der Waals surface area contributed by atoms with Crippen LogP contribution in [-0.2, 0) is 12.4 Å². The molecule has 0 bridgehead atoms. The zero-order chi connectivity index (χ0) is 22.1. The van der Waals surface area contributed by atoms with Gasteiger partial charge in [-0.2, -0.15) is 31.3 Å². The minimum atomic E-state index is -4.55. The van der Waals surface area contributed by atoms with Gasteiger partial charge >= 0.3 is 12.4 Å². The number of hydrogen-bond donors (Lipinski definition) is 1. The van der Waals surface area contributed by atoms with Gasteiger partial charge in [0.25, 0.3) is 0 Å². The summed E-state index contributed by atoms with van der Waals surface area (Å²) < 4.78 is 88.1. The first-order valence-corrected chi connectivity index (χ1v) is 8.79. The number of pyridine rings is 1. The van der Waals surface area contributed by atoms with Crippen LogP contribution in [0.25, 0.3) is 0 Å². The predicted octanol–water partition coefficient (Wildman–Crippen LogP) is 7.30. The summed E-state index contributed by atoms with van der Waals surface area (Å²) in [5.74, 6) is -0.511. The summed E-state index contributed by atoms with van der Waals surface area (Å²) in [6.45, 7) is 1.61. The Morgan fingerprint density at radius 3 is 1.77 bits per heavy atom. The van der Waals surface area contributed by atoms with E-state index in [0.29, 0.717) is 5.56 Å². The molecule has 3 nitrogen and oxygen atoms in total. The van der Waals surface area contributed by atoms with E-state index >= 15 is 0 Å². The third kappa shape index (κ3) is 5.18. The first kappa shape index (κ1) is 21.8. The number of hydrogen-bond acceptors (Lipinski definition) is 4. The van der Waals surface area contributed by atoms with Crippen molar-refractivity contribution in [3.05, 3.63) is 71.3 Å². The number of benzene rings is 2. The monoisotopic (exact) mass is 445 g/mol. The quantitative estimate of drug-likeness (QED) is 0.338. The van der Waals surface area contributed by atoms with Crippen molar-refractivity contribution in [2.75, 3.05) is 0 Å². The fraction of sp³-hybridized carbons (Fsp3) is 0.150. The summed E-state index contributed by atoms with van der Waals surface area (Å²) in [6.07, 6.45) is -9.10. The molecule has 0 aliphatic heterocycles. The highest BCUT2D eigenvalue weighted by atomic mass is 32.1. The van der Waals surface area contributed by atoms with Crippen LogP contribution >= 0.6 is 12.6 Å². The van der Waals surface area contributed by atoms with E-state index in [1.165, 1.54) is 30.3 Å². The third-order valence-corrected chi connectivity index (χ3v) is 4.43. The second kappa shape index (κ2) is 8.10. The minimum Gasteiger partial charge on any atom is -0.439 e. The molecule has 0 N–H and O–H groups in total. The van der Waals surface area contributed by atoms with E-state index in [2.05, 4.69) is 17.6 Å². The largest absolute Gasteiger partial charge is 0.439 e. The maximum atomic E-state index is 12.9. The Morgan fingerprint density at radius 2 is 1.27 bits per heavy atom. The minimum absolute atomic E-state index is 0.105. The Morgan fingerprint density at radius 1 is 0.767 bits per heavy atom. The van der Waals surface area contributed by atoms with Crippen LogP contribution in [0, 0.1) is 6.92 Å². The Hall–Kier alpha value is -2.88. The van der Waals surface area contributed by atoms with E-state index < -0.39 is 23.5 Å². The van der Waals surface area contributed by atoms with Crippen LogP contribution in [0.2, 0.25) is 0 Å². The van der Waals surface area contributed by atoms with Gasteiger partial charge in [0.05, 0.1) is 16.0 Å². The Kier molecular flexibility index (Phi) is 5.89. The molecule has 0 fully saturated rings. The molecule has 0 atom stereocenters. The number of thiol groups is 1. The molecular formula is C20H13F6NO2S. The average Bonchev–Trinajstić information content (AvgIpc) is 2.65. The van der Waals surface area contributed by atoms with Crippen molar-refractivity contribution < 1.29 is 35.8 Å². The normalized spacial score (nSPS) is 12.0. The molecule has 0 saturated heterocycles. The van der Waals surface area contributed by atoms with Crippen molar-refractivity contribution in [3.63, 3.8) is 0 Å². The standard InChI is InChI=1S/C20H13F6NO2S/c1-11-8-16(28-14-6-2-4-12(9-14)19(21,22)23)27-18(17(11)30)29-15-7-3-5-13(10-15)20(24,25)26/h2-10,30H,1H3. The van der Waals surface area contributed by atoms with Gasteiger partial charge in [0.1, 0.15) is 11.5 Å². The first-order chi connectivity index (χ1) is 13.9. The number of halogens is 6. The van der Waals surface area contributed by atoms with Crippen LogP contribution in [0.15, 0.2) is 59.5 Å². The lowest BCUT2D eigenvalue weighted by molar-refractivity contribution is -0.138. The van der Waals surface area contributed by atoms with Crippen molar-refractivity contribution in [2.45, 2.75) is 24.2 Å². The highest BCUT2D eigenvalue weighted by molar-refractivity contribution is 7.80. The highest BCUT2D eigenvalue weighted by Crippen LogP contribution is 2.37. The smallest absolute Gasteiger partial charge is 0.416 e. The maximum absolute atomic E-state index is 12.9. The van der Waals surface area contributed by atoms with E-state index in [1.807, 2.05) is 0 Å². The van der Waals surface area contributed by atoms with E-state index in [0.717, 1.165) is 24.3 Å². The molecule has 0 radical (unpaired) electrons. The summed E-state index contributed by atoms with van der Waals surface area (Å²) >= 11 is 4.24. The van der Waals surface area contributed by atoms with Crippen molar-refractivity contribution in [3.8, 4) is 23.3 Å². The number of nitrogens with zero attached hydrogens (tertiary/aromatic N) is 1. The van der Waals surface area contributed by atoms with Crippen molar-refractivity contribution >= 4 is 12.6 Å². The molecule has 0 aliphatic rings. The molecule has 2 aromatic carbocycles. The SMILES string of the molecule is Cc1cc(Oc2cccc(C(F)(F)F)c2)nc(Oc2cccc(C(F)(F)F)c2)c1S. The molecule has 0 amide bonds. The molecule has 3 aromatic rings. The van der Waals surface area contributed by atoms with Gasteiger partial charge in [-0.25, -0.2) is 0 Å². The molecule has 0 spiro atoms. The lowest BCUT2D eigenvalue weighted by Gasteiger charge is -2.14. The number of ether oxygens (including phenoxy) is 2. The summed E-state index contributed by atoms with van der Waals surface area (Å²) in [5, 5.41) is 0. The van der Waals surface area contributed by atoms with Gasteiger partial charge < -0.3 is 9.47 Å². The number of rotatable bonds is 4. The molecular weight excluding hydrogens is 432 g/mol. The van der Waals surface area contributed by atoms with Crippen LogP contribution in [0.1, 0.15) is 16.7 Å². The van der Waals surface area contributed by atoms with E-state index in [-0.39, 0.29) is 28.2 Å². The molecule has 158 valence electrons. The van der Waals surface area contributed by atoms with Crippen LogP contribution in [0.3, 0.4) is 0 Å². The Bertz CT molecular complexity index is 1070. The molecule has 1 aromatic heterocycles. The number of alkyl halides is 6. The number of aromatic nitrogens is 1. The van der Waals surface area contributed by atoms with Gasteiger partial charge in [-0.3, -0.25) is 0 Å². The first-order valence-electron chi connectivity index (χ1n) is 8.34. The third-order valence-electron chi connectivity index (χ3n) is 3.89. The van der Waals surface area contributed by atoms with E-state index in [9.17, 15) is 26.3 Å². The Labute approximate surface area is 172 Å².